The highest BCUT2D eigenvalue weighted by molar-refractivity contribution is 7.84. The Bertz CT molecular complexity index is 958. The van der Waals surface area contributed by atoms with Gasteiger partial charge in [0, 0.05) is 64.7 Å². The van der Waals surface area contributed by atoms with Crippen molar-refractivity contribution in [2.24, 2.45) is 13.5 Å². The Hall–Kier alpha value is 0.250. The monoisotopic (exact) mass is 639 g/mol. The van der Waals surface area contributed by atoms with E-state index >= 15 is 0 Å². The number of hydrogen-bond donors (Lipinski definition) is 0. The maximum Gasteiger partial charge on any atom is 0.219 e. The molecule has 2 unspecified atom stereocenters. The topological polar surface area (TPSA) is 115 Å². The molecule has 14 nitrogen and oxygen atoms in total. The van der Waals surface area contributed by atoms with Crippen LogP contribution in [0, 0.1) is 0 Å². The van der Waals surface area contributed by atoms with Gasteiger partial charge in [-0.2, -0.15) is 9.03 Å². The summed E-state index contributed by atoms with van der Waals surface area (Å²) in [6.45, 7) is 15.7. The fourth-order valence-corrected chi connectivity index (χ4v) is 22.1. The zero-order valence-electron chi connectivity index (χ0n) is 24.3. The summed E-state index contributed by atoms with van der Waals surface area (Å²) in [5, 5.41) is 0. The molecule has 0 spiro atoms. The highest BCUT2D eigenvalue weighted by Gasteiger charge is 2.48. The molecule has 0 aromatic heterocycles. The molecule has 0 radical (unpaired) electrons. The SMILES string of the molecule is C1COCCP2(N3CCOCC3)=NP(N3CCOCC3)(=NP(N3CCOCC3)(N3CCOCC3)=N2)CCOCCO1. The molecule has 6 heterocycles. The molecule has 0 aromatic rings. The molecular formula is C24H48N7O7P3. The van der Waals surface area contributed by atoms with E-state index < -0.39 is 22.2 Å². The van der Waals surface area contributed by atoms with Gasteiger partial charge in [-0.1, -0.05) is 0 Å². The quantitative estimate of drug-likeness (QED) is 0.423. The molecule has 4 saturated heterocycles. The van der Waals surface area contributed by atoms with E-state index in [1.165, 1.54) is 0 Å². The zero-order chi connectivity index (χ0) is 27.9. The second-order valence-corrected chi connectivity index (χ2v) is 19.9. The lowest BCUT2D eigenvalue weighted by Crippen LogP contribution is -2.44. The predicted molar refractivity (Wildman–Crippen MR) is 160 cm³/mol. The minimum absolute atomic E-state index is 0.560. The third-order valence-corrected chi connectivity index (χ3v) is 21.2. The number of ether oxygens (including phenoxy) is 7. The molecule has 0 N–H and O–H groups in total. The maximum atomic E-state index is 6.20. The van der Waals surface area contributed by atoms with Crippen molar-refractivity contribution >= 4 is 22.2 Å². The van der Waals surface area contributed by atoms with Crippen molar-refractivity contribution < 1.29 is 33.2 Å². The molecule has 6 aliphatic heterocycles. The van der Waals surface area contributed by atoms with Crippen LogP contribution in [0.15, 0.2) is 13.5 Å². The van der Waals surface area contributed by atoms with Crippen molar-refractivity contribution in [3.05, 3.63) is 0 Å². The fourth-order valence-electron chi connectivity index (χ4n) is 6.07. The molecule has 6 aliphatic rings. The molecule has 6 rings (SSSR count). The van der Waals surface area contributed by atoms with E-state index in [-0.39, 0.29) is 0 Å². The molecule has 17 heteroatoms. The van der Waals surface area contributed by atoms with Gasteiger partial charge >= 0.3 is 0 Å². The van der Waals surface area contributed by atoms with E-state index in [1.54, 1.807) is 0 Å². The summed E-state index contributed by atoms with van der Waals surface area (Å²) in [5.74, 6) is 0. The van der Waals surface area contributed by atoms with E-state index in [9.17, 15) is 0 Å². The van der Waals surface area contributed by atoms with Crippen LogP contribution in [0.3, 0.4) is 0 Å². The number of hydrogen-bond acceptors (Lipinski definition) is 14. The molecular weight excluding hydrogens is 591 g/mol. The summed E-state index contributed by atoms with van der Waals surface area (Å²) >= 11 is 0. The lowest BCUT2D eigenvalue weighted by Gasteiger charge is -2.51. The number of morpholine rings is 4. The van der Waals surface area contributed by atoms with E-state index in [4.69, 9.17) is 46.7 Å². The second-order valence-electron chi connectivity index (χ2n) is 10.7. The van der Waals surface area contributed by atoms with Gasteiger partial charge in [0.1, 0.15) is 0 Å². The Kier molecular flexibility index (Phi) is 11.4. The molecule has 0 saturated carbocycles. The van der Waals surface area contributed by atoms with Crippen LogP contribution in [-0.2, 0) is 33.2 Å². The van der Waals surface area contributed by atoms with Crippen molar-refractivity contribution in [1.29, 1.82) is 0 Å². The van der Waals surface area contributed by atoms with Crippen LogP contribution in [0.1, 0.15) is 0 Å². The minimum atomic E-state index is -2.55. The van der Waals surface area contributed by atoms with Gasteiger partial charge in [-0.15, -0.1) is 0 Å². The van der Waals surface area contributed by atoms with Gasteiger partial charge in [0.05, 0.1) is 92.5 Å². The Morgan fingerprint density at radius 3 is 1.05 bits per heavy atom. The third-order valence-electron chi connectivity index (χ3n) is 8.24. The minimum Gasteiger partial charge on any atom is -0.379 e. The highest BCUT2D eigenvalue weighted by atomic mass is 31.3. The standard InChI is InChI=1S/C24H48N7O7P3/c1-9-32-10-2-28(1)39-23-21-37-19-17-36-18-20-38-22-24-40(25-39,29-3-11-33-12-4-29)27-41(26-39,30-5-13-34-14-6-30)31-7-15-35-16-8-31/h1-24H2. The molecule has 0 aliphatic carbocycles. The summed E-state index contributed by atoms with van der Waals surface area (Å²) in [4.78, 5) is 0. The van der Waals surface area contributed by atoms with Gasteiger partial charge in [-0.05, 0) is 0 Å². The van der Waals surface area contributed by atoms with Crippen LogP contribution < -0.4 is 0 Å². The Balaban J connectivity index is 1.57. The smallest absolute Gasteiger partial charge is 0.219 e. The molecule has 0 amide bonds. The first-order valence-electron chi connectivity index (χ1n) is 15.2. The van der Waals surface area contributed by atoms with E-state index in [0.717, 1.165) is 64.7 Å². The van der Waals surface area contributed by atoms with Crippen molar-refractivity contribution in [2.45, 2.75) is 0 Å². The zero-order valence-corrected chi connectivity index (χ0v) is 27.0. The highest BCUT2D eigenvalue weighted by Crippen LogP contribution is 2.81. The third kappa shape index (κ3) is 7.23. The average molecular weight is 640 g/mol. The molecule has 41 heavy (non-hydrogen) atoms. The van der Waals surface area contributed by atoms with Crippen molar-refractivity contribution in [1.82, 2.24) is 18.7 Å². The van der Waals surface area contributed by atoms with Crippen LogP contribution in [0.2, 0.25) is 0 Å². The van der Waals surface area contributed by atoms with Crippen LogP contribution in [0.4, 0.5) is 0 Å². The van der Waals surface area contributed by atoms with Gasteiger partial charge in [-0.3, -0.25) is 0 Å². The molecule has 4 fully saturated rings. The lowest BCUT2D eigenvalue weighted by atomic mass is 10.5. The molecule has 0 aromatic carbocycles. The maximum absolute atomic E-state index is 6.20. The normalized spacial score (nSPS) is 36.3. The van der Waals surface area contributed by atoms with E-state index in [0.29, 0.717) is 92.5 Å². The van der Waals surface area contributed by atoms with Crippen LogP contribution in [-0.4, -0.2) is 176 Å². The van der Waals surface area contributed by atoms with Crippen molar-refractivity contribution in [3.8, 4) is 0 Å². The average Bonchev–Trinajstić information content (AvgIpc) is 3.05. The van der Waals surface area contributed by atoms with Gasteiger partial charge < -0.3 is 33.2 Å². The predicted octanol–water partition coefficient (Wildman–Crippen LogP) is 2.40. The largest absolute Gasteiger partial charge is 0.379 e. The van der Waals surface area contributed by atoms with Crippen LogP contribution >= 0.6 is 22.2 Å². The fraction of sp³-hybridized carbons (Fsp3) is 1.00. The Labute approximate surface area is 244 Å². The van der Waals surface area contributed by atoms with Crippen LogP contribution in [0.25, 0.3) is 0 Å². The van der Waals surface area contributed by atoms with E-state index in [1.807, 2.05) is 0 Å². The summed E-state index contributed by atoms with van der Waals surface area (Å²) in [7, 11) is -7.43. The first-order chi connectivity index (χ1) is 20.2. The lowest BCUT2D eigenvalue weighted by molar-refractivity contribution is 0.0196. The summed E-state index contributed by atoms with van der Waals surface area (Å²) in [6.07, 6.45) is 1.57. The van der Waals surface area contributed by atoms with Gasteiger partial charge in [0.25, 0.3) is 0 Å². The molecule has 2 bridgehead atoms. The van der Waals surface area contributed by atoms with Gasteiger partial charge in [-0.25, -0.2) is 23.2 Å². The van der Waals surface area contributed by atoms with Crippen LogP contribution in [0.5, 0.6) is 0 Å². The Morgan fingerprint density at radius 1 is 0.317 bits per heavy atom. The van der Waals surface area contributed by atoms with Crippen molar-refractivity contribution in [2.75, 3.05) is 157 Å². The van der Waals surface area contributed by atoms with Gasteiger partial charge in [0.15, 0.2) is 14.7 Å². The number of fused-ring (bicyclic) bond motifs is 1. The first kappa shape index (κ1) is 31.2. The van der Waals surface area contributed by atoms with Gasteiger partial charge in [0.2, 0.25) is 7.51 Å². The number of nitrogens with zero attached hydrogens (tertiary/aromatic N) is 7. The Morgan fingerprint density at radius 2 is 0.634 bits per heavy atom. The summed E-state index contributed by atoms with van der Waals surface area (Å²) in [5.41, 5.74) is 0. The second kappa shape index (κ2) is 15.0. The summed E-state index contributed by atoms with van der Waals surface area (Å²) in [6, 6.07) is 0. The first-order valence-corrected chi connectivity index (χ1v) is 20.5. The summed E-state index contributed by atoms with van der Waals surface area (Å²) < 4.78 is 70.1. The molecule has 2 atom stereocenters. The number of rotatable bonds is 4. The molecule has 236 valence electrons. The van der Waals surface area contributed by atoms with E-state index in [2.05, 4.69) is 18.7 Å². The van der Waals surface area contributed by atoms with Crippen molar-refractivity contribution in [3.63, 3.8) is 0 Å².